The summed E-state index contributed by atoms with van der Waals surface area (Å²) in [6.07, 6.45) is 0.751. The van der Waals surface area contributed by atoms with E-state index in [1.165, 1.54) is 22.3 Å². The van der Waals surface area contributed by atoms with E-state index in [1.807, 2.05) is 17.1 Å². The zero-order chi connectivity index (χ0) is 22.0. The summed E-state index contributed by atoms with van der Waals surface area (Å²) in [4.78, 5) is 0. The number of hydrogen-bond acceptors (Lipinski definition) is 2. The summed E-state index contributed by atoms with van der Waals surface area (Å²) in [5.41, 5.74) is 10.2. The molecule has 1 atom stereocenters. The van der Waals surface area contributed by atoms with Gasteiger partial charge < -0.3 is 5.32 Å². The molecule has 0 saturated carbocycles. The maximum absolute atomic E-state index is 5.78. The van der Waals surface area contributed by atoms with Crippen LogP contribution in [-0.2, 0) is 12.1 Å². The Bertz CT molecular complexity index is 1210. The first-order chi connectivity index (χ1) is 15.6. The minimum absolute atomic E-state index is 0.543. The van der Waals surface area contributed by atoms with Gasteiger partial charge in [0.15, 0.2) is 5.11 Å². The van der Waals surface area contributed by atoms with Crippen LogP contribution in [0.1, 0.15) is 16.7 Å². The van der Waals surface area contributed by atoms with E-state index in [4.69, 9.17) is 12.2 Å². The van der Waals surface area contributed by atoms with Crippen LogP contribution in [0.4, 0.5) is 5.69 Å². The van der Waals surface area contributed by atoms with Crippen LogP contribution in [-0.4, -0.2) is 5.11 Å². The van der Waals surface area contributed by atoms with E-state index in [0.717, 1.165) is 17.7 Å². The van der Waals surface area contributed by atoms with E-state index in [1.54, 1.807) is 0 Å². The number of nitrogens with zero attached hydrogens (tertiary/aromatic N) is 1. The van der Waals surface area contributed by atoms with Crippen LogP contribution >= 0.6 is 12.2 Å². The third-order valence-electron chi connectivity index (χ3n) is 5.92. The smallest absolute Gasteiger partial charge is 0.190 e. The second kappa shape index (κ2) is 8.58. The van der Waals surface area contributed by atoms with Gasteiger partial charge in [0.1, 0.15) is 5.66 Å². The molecule has 0 bridgehead atoms. The topological polar surface area (TPSA) is 27.3 Å². The van der Waals surface area contributed by atoms with Crippen molar-refractivity contribution in [3.05, 3.63) is 126 Å². The Hall–Kier alpha value is -3.47. The Labute approximate surface area is 194 Å². The summed E-state index contributed by atoms with van der Waals surface area (Å²) >= 11 is 5.78. The molecule has 4 aromatic rings. The van der Waals surface area contributed by atoms with E-state index < -0.39 is 5.66 Å². The molecule has 3 nitrogen and oxygen atoms in total. The first-order valence-electron chi connectivity index (χ1n) is 10.8. The van der Waals surface area contributed by atoms with E-state index in [0.29, 0.717) is 5.11 Å². The largest absolute Gasteiger partial charge is 0.338 e. The molecule has 4 heteroatoms. The molecule has 0 aliphatic carbocycles. The van der Waals surface area contributed by atoms with Gasteiger partial charge in [-0.2, -0.15) is 5.43 Å². The van der Waals surface area contributed by atoms with Crippen molar-refractivity contribution in [1.29, 1.82) is 0 Å². The van der Waals surface area contributed by atoms with Gasteiger partial charge in [-0.15, -0.1) is 0 Å². The fraction of sp³-hybridized carbons (Fsp3) is 0.107. The molecule has 0 radical (unpaired) electrons. The molecule has 1 aliphatic heterocycles. The Kier molecular flexibility index (Phi) is 5.48. The van der Waals surface area contributed by atoms with Gasteiger partial charge in [-0.25, -0.2) is 5.01 Å². The van der Waals surface area contributed by atoms with Crippen molar-refractivity contribution in [1.82, 2.24) is 10.7 Å². The van der Waals surface area contributed by atoms with Crippen molar-refractivity contribution in [3.8, 4) is 11.1 Å². The monoisotopic (exact) mass is 435 g/mol. The number of benzene rings is 4. The molecule has 1 aliphatic rings. The normalized spacial score (nSPS) is 17.9. The van der Waals surface area contributed by atoms with Crippen LogP contribution in [0, 0.1) is 6.92 Å². The van der Waals surface area contributed by atoms with Crippen LogP contribution in [0.2, 0.25) is 0 Å². The van der Waals surface area contributed by atoms with Crippen molar-refractivity contribution in [2.75, 3.05) is 5.01 Å². The molecule has 32 heavy (non-hydrogen) atoms. The molecule has 1 heterocycles. The summed E-state index contributed by atoms with van der Waals surface area (Å²) in [5, 5.41) is 6.24. The van der Waals surface area contributed by atoms with Gasteiger partial charge in [-0.3, -0.25) is 0 Å². The minimum atomic E-state index is -0.543. The highest BCUT2D eigenvalue weighted by Crippen LogP contribution is 2.32. The maximum atomic E-state index is 5.78. The molecule has 0 spiro atoms. The second-order valence-corrected chi connectivity index (χ2v) is 8.61. The lowest BCUT2D eigenvalue weighted by atomic mass is 9.91. The lowest BCUT2D eigenvalue weighted by Gasteiger charge is -2.31. The summed E-state index contributed by atoms with van der Waals surface area (Å²) in [6, 6.07) is 38.1. The highest BCUT2D eigenvalue weighted by Gasteiger charge is 2.42. The number of hydrazine groups is 1. The van der Waals surface area contributed by atoms with E-state index in [-0.39, 0.29) is 0 Å². The quantitative estimate of drug-likeness (QED) is 0.379. The van der Waals surface area contributed by atoms with E-state index >= 15 is 0 Å². The fourth-order valence-electron chi connectivity index (χ4n) is 4.19. The summed E-state index contributed by atoms with van der Waals surface area (Å²) in [7, 11) is 0. The molecule has 0 amide bonds. The minimum Gasteiger partial charge on any atom is -0.338 e. The predicted molar refractivity (Wildman–Crippen MR) is 136 cm³/mol. The highest BCUT2D eigenvalue weighted by atomic mass is 32.1. The number of nitrogens with one attached hydrogen (secondary N) is 2. The van der Waals surface area contributed by atoms with Crippen molar-refractivity contribution >= 4 is 23.0 Å². The zero-order valence-electron chi connectivity index (χ0n) is 18.0. The van der Waals surface area contributed by atoms with Gasteiger partial charge in [0.25, 0.3) is 0 Å². The van der Waals surface area contributed by atoms with Crippen LogP contribution in [0.5, 0.6) is 0 Å². The molecule has 5 rings (SSSR count). The maximum Gasteiger partial charge on any atom is 0.190 e. The summed E-state index contributed by atoms with van der Waals surface area (Å²) in [5.74, 6) is 0. The molecule has 1 saturated heterocycles. The van der Waals surface area contributed by atoms with Crippen molar-refractivity contribution < 1.29 is 0 Å². The fourth-order valence-corrected chi connectivity index (χ4v) is 4.51. The second-order valence-electron chi connectivity index (χ2n) is 8.22. The van der Waals surface area contributed by atoms with E-state index in [2.05, 4.69) is 115 Å². The standard InChI is InChI=1S/C28H25N3S/c1-21-12-18-26(19-13-21)31-27(32)29-28(30-31,20-22-8-4-2-5-9-22)25-16-14-24(15-17-25)23-10-6-3-7-11-23/h2-19,30H,20H2,1H3,(H,29,32)/t28-/m0/s1. The molecule has 4 aromatic carbocycles. The molecule has 1 fully saturated rings. The van der Waals surface area contributed by atoms with Crippen LogP contribution in [0.15, 0.2) is 109 Å². The lowest BCUT2D eigenvalue weighted by molar-refractivity contribution is 0.347. The van der Waals surface area contributed by atoms with Gasteiger partial charge >= 0.3 is 0 Å². The van der Waals surface area contributed by atoms with Crippen LogP contribution < -0.4 is 15.8 Å². The Balaban J connectivity index is 1.52. The van der Waals surface area contributed by atoms with Crippen LogP contribution in [0.3, 0.4) is 0 Å². The zero-order valence-corrected chi connectivity index (χ0v) is 18.8. The third-order valence-corrected chi connectivity index (χ3v) is 6.20. The first kappa shape index (κ1) is 20.4. The molecule has 0 unspecified atom stereocenters. The number of thiocarbonyl (C=S) groups is 1. The highest BCUT2D eigenvalue weighted by molar-refractivity contribution is 7.80. The Morgan fingerprint density at radius 1 is 0.719 bits per heavy atom. The summed E-state index contributed by atoms with van der Waals surface area (Å²) < 4.78 is 0. The summed E-state index contributed by atoms with van der Waals surface area (Å²) in [6.45, 7) is 2.09. The number of aryl methyl sites for hydroxylation is 1. The number of anilines is 1. The molecule has 158 valence electrons. The average molecular weight is 436 g/mol. The predicted octanol–water partition coefficient (Wildman–Crippen LogP) is 5.96. The van der Waals surface area contributed by atoms with Gasteiger partial charge in [0.2, 0.25) is 0 Å². The molecular formula is C28H25N3S. The van der Waals surface area contributed by atoms with E-state index in [9.17, 15) is 0 Å². The van der Waals surface area contributed by atoms with Crippen molar-refractivity contribution in [3.63, 3.8) is 0 Å². The van der Waals surface area contributed by atoms with Gasteiger partial charge in [0, 0.05) is 6.42 Å². The Morgan fingerprint density at radius 2 is 1.31 bits per heavy atom. The van der Waals surface area contributed by atoms with Crippen LogP contribution in [0.25, 0.3) is 11.1 Å². The number of rotatable bonds is 5. The average Bonchev–Trinajstić information content (AvgIpc) is 3.18. The SMILES string of the molecule is Cc1ccc(N2N[C@@](Cc3ccccc3)(c3ccc(-c4ccccc4)cc3)NC2=S)cc1. The first-order valence-corrected chi connectivity index (χ1v) is 11.2. The van der Waals surface area contributed by atoms with Crippen molar-refractivity contribution in [2.45, 2.75) is 19.0 Å². The van der Waals surface area contributed by atoms with Gasteiger partial charge in [0.05, 0.1) is 5.69 Å². The molecular weight excluding hydrogens is 410 g/mol. The number of hydrogen-bond donors (Lipinski definition) is 2. The Morgan fingerprint density at radius 3 is 1.97 bits per heavy atom. The van der Waals surface area contributed by atoms with Gasteiger partial charge in [-0.05, 0) is 53.5 Å². The lowest BCUT2D eigenvalue weighted by Crippen LogP contribution is -2.50. The van der Waals surface area contributed by atoms with Gasteiger partial charge in [-0.1, -0.05) is 103 Å². The van der Waals surface area contributed by atoms with Crippen molar-refractivity contribution in [2.24, 2.45) is 0 Å². The molecule has 0 aromatic heterocycles. The third kappa shape index (κ3) is 4.03. The molecule has 2 N–H and O–H groups in total.